The maximum Gasteiger partial charge on any atom is 0.416 e. The van der Waals surface area contributed by atoms with Crippen molar-refractivity contribution in [1.29, 1.82) is 0 Å². The summed E-state index contributed by atoms with van der Waals surface area (Å²) in [6, 6.07) is 8.97. The van der Waals surface area contributed by atoms with Crippen molar-refractivity contribution >= 4 is 11.8 Å². The van der Waals surface area contributed by atoms with Gasteiger partial charge in [0.15, 0.2) is 0 Å². The lowest BCUT2D eigenvalue weighted by Crippen LogP contribution is -2.36. The summed E-state index contributed by atoms with van der Waals surface area (Å²) in [6.45, 7) is 1.11. The van der Waals surface area contributed by atoms with Gasteiger partial charge >= 0.3 is 6.18 Å². The molecule has 2 aromatic rings. The first-order valence-electron chi connectivity index (χ1n) is 10.4. The van der Waals surface area contributed by atoms with Gasteiger partial charge < -0.3 is 10.0 Å². The second-order valence-corrected chi connectivity index (χ2v) is 8.23. The summed E-state index contributed by atoms with van der Waals surface area (Å²) >= 11 is 0. The summed E-state index contributed by atoms with van der Waals surface area (Å²) in [5.41, 5.74) is -0.161. The van der Waals surface area contributed by atoms with E-state index >= 15 is 0 Å². The fraction of sp³-hybridized carbons (Fsp3) is 0.391. The SMILES string of the molecule is O=C1c2ccccc2C(=O)N1CC[C@@H](O)CN1CCC(c2cc(C(F)(F)F)ccc2F)C1. The molecule has 32 heavy (non-hydrogen) atoms. The van der Waals surface area contributed by atoms with Crippen molar-refractivity contribution < 1.29 is 32.3 Å². The third kappa shape index (κ3) is 4.40. The summed E-state index contributed by atoms with van der Waals surface area (Å²) in [7, 11) is 0. The van der Waals surface area contributed by atoms with Gasteiger partial charge in [0.05, 0.1) is 22.8 Å². The van der Waals surface area contributed by atoms with Crippen LogP contribution in [0, 0.1) is 5.82 Å². The summed E-state index contributed by atoms with van der Waals surface area (Å²) in [6.07, 6.45) is -4.74. The van der Waals surface area contributed by atoms with Crippen molar-refractivity contribution in [3.05, 3.63) is 70.5 Å². The molecule has 2 heterocycles. The number of nitrogens with zero attached hydrogens (tertiary/aromatic N) is 2. The molecule has 2 amide bonds. The van der Waals surface area contributed by atoms with Gasteiger partial charge in [-0.25, -0.2) is 4.39 Å². The van der Waals surface area contributed by atoms with Gasteiger partial charge in [-0.1, -0.05) is 12.1 Å². The van der Waals surface area contributed by atoms with E-state index in [9.17, 15) is 32.3 Å². The molecule has 9 heteroatoms. The molecule has 1 fully saturated rings. The number of benzene rings is 2. The van der Waals surface area contributed by atoms with Crippen molar-refractivity contribution in [3.63, 3.8) is 0 Å². The fourth-order valence-corrected chi connectivity index (χ4v) is 4.39. The van der Waals surface area contributed by atoms with Gasteiger partial charge in [-0.15, -0.1) is 0 Å². The van der Waals surface area contributed by atoms with E-state index in [1.807, 2.05) is 4.90 Å². The highest BCUT2D eigenvalue weighted by atomic mass is 19.4. The first-order chi connectivity index (χ1) is 15.1. The molecule has 2 aromatic carbocycles. The van der Waals surface area contributed by atoms with Gasteiger partial charge in [0, 0.05) is 25.6 Å². The zero-order chi connectivity index (χ0) is 23.0. The van der Waals surface area contributed by atoms with E-state index in [-0.39, 0.29) is 36.9 Å². The van der Waals surface area contributed by atoms with Crippen LogP contribution >= 0.6 is 0 Å². The zero-order valence-corrected chi connectivity index (χ0v) is 17.1. The number of aliphatic hydroxyl groups excluding tert-OH is 1. The Bertz CT molecular complexity index is 1010. The number of hydrogen-bond donors (Lipinski definition) is 1. The average Bonchev–Trinajstić information content (AvgIpc) is 3.29. The maximum absolute atomic E-state index is 14.2. The highest BCUT2D eigenvalue weighted by molar-refractivity contribution is 6.21. The topological polar surface area (TPSA) is 60.9 Å². The van der Waals surface area contributed by atoms with Gasteiger partial charge in [0.2, 0.25) is 0 Å². The lowest BCUT2D eigenvalue weighted by Gasteiger charge is -2.22. The van der Waals surface area contributed by atoms with Crippen LogP contribution in [-0.4, -0.2) is 59.0 Å². The first kappa shape index (κ1) is 22.4. The fourth-order valence-electron chi connectivity index (χ4n) is 4.39. The van der Waals surface area contributed by atoms with Crippen LogP contribution in [0.4, 0.5) is 17.6 Å². The Labute approximate surface area is 182 Å². The molecule has 0 saturated carbocycles. The second kappa shape index (κ2) is 8.63. The minimum atomic E-state index is -4.54. The van der Waals surface area contributed by atoms with Gasteiger partial charge in [-0.3, -0.25) is 14.5 Å². The normalized spacial score (nSPS) is 20.2. The molecule has 2 atom stereocenters. The number of fused-ring (bicyclic) bond motifs is 1. The van der Waals surface area contributed by atoms with E-state index in [0.717, 1.165) is 23.1 Å². The smallest absolute Gasteiger partial charge is 0.392 e. The molecule has 170 valence electrons. The van der Waals surface area contributed by atoms with Gasteiger partial charge in [0.1, 0.15) is 5.82 Å². The van der Waals surface area contributed by atoms with Crippen LogP contribution in [0.25, 0.3) is 0 Å². The highest BCUT2D eigenvalue weighted by Gasteiger charge is 2.36. The maximum atomic E-state index is 14.2. The van der Waals surface area contributed by atoms with Crippen LogP contribution in [0.3, 0.4) is 0 Å². The Morgan fingerprint density at radius 1 is 1.06 bits per heavy atom. The van der Waals surface area contributed by atoms with Gasteiger partial charge in [-0.05, 0) is 55.3 Å². The lowest BCUT2D eigenvalue weighted by molar-refractivity contribution is -0.137. The number of rotatable bonds is 6. The van der Waals surface area contributed by atoms with Crippen LogP contribution in [0.5, 0.6) is 0 Å². The summed E-state index contributed by atoms with van der Waals surface area (Å²) in [5, 5.41) is 10.4. The van der Waals surface area contributed by atoms with Crippen molar-refractivity contribution in [3.8, 4) is 0 Å². The van der Waals surface area contributed by atoms with E-state index in [4.69, 9.17) is 0 Å². The molecule has 5 nitrogen and oxygen atoms in total. The predicted molar refractivity (Wildman–Crippen MR) is 108 cm³/mol. The molecule has 4 rings (SSSR count). The van der Waals surface area contributed by atoms with Crippen molar-refractivity contribution in [2.45, 2.75) is 31.0 Å². The third-order valence-corrected chi connectivity index (χ3v) is 6.07. The number of halogens is 4. The quantitative estimate of drug-likeness (QED) is 0.539. The Balaban J connectivity index is 1.32. The van der Waals surface area contributed by atoms with E-state index in [1.54, 1.807) is 24.3 Å². The largest absolute Gasteiger partial charge is 0.416 e. The van der Waals surface area contributed by atoms with Crippen LogP contribution in [-0.2, 0) is 6.18 Å². The Morgan fingerprint density at radius 3 is 2.34 bits per heavy atom. The summed E-state index contributed by atoms with van der Waals surface area (Å²) in [4.78, 5) is 27.8. The number of β-amino-alcohol motifs (C(OH)–C–C–N with tert-alkyl or cyclic N) is 1. The lowest BCUT2D eigenvalue weighted by atomic mass is 9.96. The number of carbonyl (C=O) groups excluding carboxylic acids is 2. The van der Waals surface area contributed by atoms with Gasteiger partial charge in [-0.2, -0.15) is 13.2 Å². The van der Waals surface area contributed by atoms with E-state index in [0.29, 0.717) is 30.6 Å². The number of likely N-dealkylation sites (tertiary alicyclic amines) is 1. The Morgan fingerprint density at radius 2 is 1.72 bits per heavy atom. The number of alkyl halides is 3. The molecule has 0 spiro atoms. The number of aliphatic hydroxyl groups is 1. The molecule has 1 N–H and O–H groups in total. The number of hydrogen-bond acceptors (Lipinski definition) is 4. The standard InChI is InChI=1S/C23H22F4N2O3/c24-20-6-5-15(23(25,26)27)11-19(20)14-7-9-28(12-14)13-16(30)8-10-29-21(31)17-3-1-2-4-18(17)22(29)32/h1-6,11,14,16,30H,7-10,12-13H2/t14?,16-/m1/s1. The first-order valence-corrected chi connectivity index (χ1v) is 10.4. The van der Waals surface area contributed by atoms with Gasteiger partial charge in [0.25, 0.3) is 11.8 Å². The molecule has 1 unspecified atom stereocenters. The second-order valence-electron chi connectivity index (χ2n) is 8.23. The van der Waals surface area contributed by atoms with Crippen LogP contribution < -0.4 is 0 Å². The monoisotopic (exact) mass is 450 g/mol. The van der Waals surface area contributed by atoms with Crippen LogP contribution in [0.1, 0.15) is 50.6 Å². The highest BCUT2D eigenvalue weighted by Crippen LogP contribution is 2.35. The van der Waals surface area contributed by atoms with Crippen LogP contribution in [0.15, 0.2) is 42.5 Å². The number of amides is 2. The Kier molecular flexibility index (Phi) is 6.05. The Hall–Kier alpha value is -2.78. The molecule has 0 aromatic heterocycles. The zero-order valence-electron chi connectivity index (χ0n) is 17.1. The van der Waals surface area contributed by atoms with Crippen LogP contribution in [0.2, 0.25) is 0 Å². The van der Waals surface area contributed by atoms with Crippen molar-refractivity contribution in [2.75, 3.05) is 26.2 Å². The minimum absolute atomic E-state index is 0.0304. The van der Waals surface area contributed by atoms with E-state index < -0.39 is 29.6 Å². The summed E-state index contributed by atoms with van der Waals surface area (Å²) in [5.74, 6) is -1.85. The number of carbonyl (C=O) groups is 2. The van der Waals surface area contributed by atoms with Crippen molar-refractivity contribution in [2.24, 2.45) is 0 Å². The molecule has 2 aliphatic rings. The third-order valence-electron chi connectivity index (χ3n) is 6.07. The molecule has 0 radical (unpaired) electrons. The molecule has 2 aliphatic heterocycles. The summed E-state index contributed by atoms with van der Waals surface area (Å²) < 4.78 is 53.1. The molecule has 1 saturated heterocycles. The molecular weight excluding hydrogens is 428 g/mol. The average molecular weight is 450 g/mol. The van der Waals surface area contributed by atoms with Crippen molar-refractivity contribution in [1.82, 2.24) is 9.80 Å². The molecule has 0 bridgehead atoms. The predicted octanol–water partition coefficient (Wildman–Crippen LogP) is 3.68. The number of imide groups is 1. The molecular formula is C23H22F4N2O3. The van der Waals surface area contributed by atoms with E-state index in [2.05, 4.69) is 0 Å². The molecule has 0 aliphatic carbocycles. The minimum Gasteiger partial charge on any atom is -0.392 e. The van der Waals surface area contributed by atoms with E-state index in [1.165, 1.54) is 0 Å².